The summed E-state index contributed by atoms with van der Waals surface area (Å²) < 4.78 is 0. The molecule has 1 rings (SSSR count). The molecule has 6 heteroatoms. The number of aromatic carboxylic acids is 1. The van der Waals surface area contributed by atoms with Gasteiger partial charge in [0.2, 0.25) is 0 Å². The Morgan fingerprint density at radius 1 is 1.54 bits per heavy atom. The fourth-order valence-electron chi connectivity index (χ4n) is 0.770. The number of carbonyl (C=O) groups is 2. The standard InChI is InChI=1S/C7H9N3O3/c1-10(2)6(11)4-3-5(7(12)13)9-8-4/h3H,1-2H3,(H,8,9)(H,12,13). The average molecular weight is 183 g/mol. The van der Waals surface area contributed by atoms with Crippen molar-refractivity contribution in [3.8, 4) is 0 Å². The Bertz CT molecular complexity index is 343. The normalized spacial score (nSPS) is 9.69. The number of carboxylic acids is 1. The minimum absolute atomic E-state index is 0.0924. The molecule has 13 heavy (non-hydrogen) atoms. The number of nitrogens with one attached hydrogen (secondary N) is 1. The number of nitrogens with zero attached hydrogens (tertiary/aromatic N) is 2. The van der Waals surface area contributed by atoms with Crippen LogP contribution in [0, 0.1) is 0 Å². The second-order valence-electron chi connectivity index (χ2n) is 2.67. The van der Waals surface area contributed by atoms with Crippen LogP contribution in [0.5, 0.6) is 0 Å². The van der Waals surface area contributed by atoms with E-state index in [1.54, 1.807) is 14.1 Å². The third-order valence-corrected chi connectivity index (χ3v) is 1.43. The van der Waals surface area contributed by atoms with E-state index in [9.17, 15) is 9.59 Å². The predicted octanol–water partition coefficient (Wildman–Crippen LogP) is -0.190. The molecule has 0 saturated carbocycles. The molecular weight excluding hydrogens is 174 g/mol. The summed E-state index contributed by atoms with van der Waals surface area (Å²) in [4.78, 5) is 23.0. The molecular formula is C7H9N3O3. The molecule has 70 valence electrons. The maximum atomic E-state index is 11.2. The van der Waals surface area contributed by atoms with Crippen molar-refractivity contribution in [2.75, 3.05) is 14.1 Å². The second kappa shape index (κ2) is 3.26. The van der Waals surface area contributed by atoms with E-state index in [-0.39, 0.29) is 17.3 Å². The van der Waals surface area contributed by atoms with Crippen LogP contribution in [0.1, 0.15) is 21.0 Å². The number of amides is 1. The van der Waals surface area contributed by atoms with E-state index in [0.29, 0.717) is 0 Å². The zero-order chi connectivity index (χ0) is 10.0. The van der Waals surface area contributed by atoms with Crippen molar-refractivity contribution in [2.45, 2.75) is 0 Å². The number of hydrogen-bond donors (Lipinski definition) is 2. The Balaban J connectivity index is 2.92. The monoisotopic (exact) mass is 183 g/mol. The highest BCUT2D eigenvalue weighted by atomic mass is 16.4. The zero-order valence-electron chi connectivity index (χ0n) is 7.24. The topological polar surface area (TPSA) is 86.3 Å². The fourth-order valence-corrected chi connectivity index (χ4v) is 0.770. The van der Waals surface area contributed by atoms with E-state index in [1.165, 1.54) is 11.0 Å². The Labute approximate surface area is 74.2 Å². The van der Waals surface area contributed by atoms with Crippen LogP contribution >= 0.6 is 0 Å². The molecule has 0 fully saturated rings. The molecule has 0 aliphatic carbocycles. The van der Waals surface area contributed by atoms with Gasteiger partial charge in [0.05, 0.1) is 0 Å². The van der Waals surface area contributed by atoms with Crippen LogP contribution in [0.4, 0.5) is 0 Å². The number of rotatable bonds is 2. The lowest BCUT2D eigenvalue weighted by Gasteiger charge is -2.05. The summed E-state index contributed by atoms with van der Waals surface area (Å²) in [6, 6.07) is 1.20. The average Bonchev–Trinajstić information content (AvgIpc) is 2.50. The van der Waals surface area contributed by atoms with Gasteiger partial charge in [-0.1, -0.05) is 0 Å². The summed E-state index contributed by atoms with van der Waals surface area (Å²) in [5.74, 6) is -1.46. The van der Waals surface area contributed by atoms with Crippen molar-refractivity contribution in [3.05, 3.63) is 17.5 Å². The number of carbonyl (C=O) groups excluding carboxylic acids is 1. The smallest absolute Gasteiger partial charge is 0.353 e. The van der Waals surface area contributed by atoms with Gasteiger partial charge in [-0.25, -0.2) is 4.79 Å². The van der Waals surface area contributed by atoms with E-state index in [4.69, 9.17) is 5.11 Å². The van der Waals surface area contributed by atoms with Gasteiger partial charge in [0.15, 0.2) is 5.69 Å². The van der Waals surface area contributed by atoms with Crippen LogP contribution in [0.2, 0.25) is 0 Å². The highest BCUT2D eigenvalue weighted by Gasteiger charge is 2.14. The van der Waals surface area contributed by atoms with Gasteiger partial charge in [0, 0.05) is 20.2 Å². The summed E-state index contributed by atoms with van der Waals surface area (Å²) in [6.07, 6.45) is 0. The Kier molecular flexibility index (Phi) is 2.32. The summed E-state index contributed by atoms with van der Waals surface area (Å²) in [5.41, 5.74) is 0.00704. The van der Waals surface area contributed by atoms with Gasteiger partial charge >= 0.3 is 5.97 Å². The van der Waals surface area contributed by atoms with Crippen molar-refractivity contribution in [3.63, 3.8) is 0 Å². The summed E-state index contributed by atoms with van der Waals surface area (Å²) >= 11 is 0. The molecule has 0 bridgehead atoms. The van der Waals surface area contributed by atoms with E-state index in [0.717, 1.165) is 0 Å². The minimum atomic E-state index is -1.13. The Morgan fingerprint density at radius 2 is 2.15 bits per heavy atom. The maximum Gasteiger partial charge on any atom is 0.353 e. The second-order valence-corrected chi connectivity index (χ2v) is 2.67. The fraction of sp³-hybridized carbons (Fsp3) is 0.286. The number of hydrogen-bond acceptors (Lipinski definition) is 3. The third-order valence-electron chi connectivity index (χ3n) is 1.43. The molecule has 1 amide bonds. The van der Waals surface area contributed by atoms with Crippen molar-refractivity contribution >= 4 is 11.9 Å². The maximum absolute atomic E-state index is 11.2. The first-order valence-electron chi connectivity index (χ1n) is 3.52. The number of aromatic nitrogens is 2. The number of carboxylic acid groups (broad SMARTS) is 1. The van der Waals surface area contributed by atoms with Gasteiger partial charge in [-0.2, -0.15) is 5.10 Å². The van der Waals surface area contributed by atoms with Crippen molar-refractivity contribution in [2.24, 2.45) is 0 Å². The predicted molar refractivity (Wildman–Crippen MR) is 43.6 cm³/mol. The highest BCUT2D eigenvalue weighted by Crippen LogP contribution is 2.01. The van der Waals surface area contributed by atoms with Crippen molar-refractivity contribution in [1.29, 1.82) is 0 Å². The summed E-state index contributed by atoms with van der Waals surface area (Å²) in [7, 11) is 3.13. The van der Waals surface area contributed by atoms with Gasteiger partial charge in [-0.15, -0.1) is 0 Å². The van der Waals surface area contributed by atoms with Gasteiger partial charge in [0.1, 0.15) is 5.69 Å². The molecule has 0 unspecified atom stereocenters. The molecule has 0 spiro atoms. The molecule has 0 aliphatic rings. The van der Waals surface area contributed by atoms with Crippen LogP contribution < -0.4 is 0 Å². The molecule has 0 atom stereocenters. The number of aromatic amines is 1. The first-order chi connectivity index (χ1) is 6.02. The van der Waals surface area contributed by atoms with Crippen LogP contribution in [0.3, 0.4) is 0 Å². The molecule has 0 aliphatic heterocycles. The quantitative estimate of drug-likeness (QED) is 0.665. The van der Waals surface area contributed by atoms with Gasteiger partial charge < -0.3 is 10.0 Å². The lowest BCUT2D eigenvalue weighted by atomic mass is 10.3. The molecule has 0 saturated heterocycles. The van der Waals surface area contributed by atoms with Crippen LogP contribution in [-0.4, -0.2) is 46.2 Å². The van der Waals surface area contributed by atoms with E-state index < -0.39 is 5.97 Å². The Morgan fingerprint density at radius 3 is 2.54 bits per heavy atom. The van der Waals surface area contributed by atoms with Crippen LogP contribution in [-0.2, 0) is 0 Å². The van der Waals surface area contributed by atoms with E-state index in [2.05, 4.69) is 10.2 Å². The number of H-pyrrole nitrogens is 1. The zero-order valence-corrected chi connectivity index (χ0v) is 7.24. The van der Waals surface area contributed by atoms with Gasteiger partial charge in [-0.3, -0.25) is 9.89 Å². The highest BCUT2D eigenvalue weighted by molar-refractivity contribution is 5.95. The largest absolute Gasteiger partial charge is 0.477 e. The van der Waals surface area contributed by atoms with Crippen LogP contribution in [0.15, 0.2) is 6.07 Å². The molecule has 2 N–H and O–H groups in total. The molecule has 6 nitrogen and oxygen atoms in total. The molecule has 1 heterocycles. The lowest BCUT2D eigenvalue weighted by Crippen LogP contribution is -2.21. The molecule has 1 aromatic rings. The SMILES string of the molecule is CN(C)C(=O)c1cc(C(=O)O)[nH]n1. The first-order valence-corrected chi connectivity index (χ1v) is 3.52. The van der Waals surface area contributed by atoms with E-state index in [1.807, 2.05) is 0 Å². The molecule has 0 aromatic carbocycles. The molecule has 0 radical (unpaired) electrons. The van der Waals surface area contributed by atoms with Crippen molar-refractivity contribution in [1.82, 2.24) is 15.1 Å². The van der Waals surface area contributed by atoms with Crippen molar-refractivity contribution < 1.29 is 14.7 Å². The minimum Gasteiger partial charge on any atom is -0.477 e. The third kappa shape index (κ3) is 1.84. The lowest BCUT2D eigenvalue weighted by molar-refractivity contribution is 0.0690. The molecule has 1 aromatic heterocycles. The van der Waals surface area contributed by atoms with Crippen LogP contribution in [0.25, 0.3) is 0 Å². The van der Waals surface area contributed by atoms with E-state index >= 15 is 0 Å². The van der Waals surface area contributed by atoms with Gasteiger partial charge in [-0.05, 0) is 0 Å². The Hall–Kier alpha value is -1.85. The summed E-state index contributed by atoms with van der Waals surface area (Å²) in [5, 5.41) is 14.3. The summed E-state index contributed by atoms with van der Waals surface area (Å²) in [6.45, 7) is 0. The van der Waals surface area contributed by atoms with Gasteiger partial charge in [0.25, 0.3) is 5.91 Å². The first kappa shape index (κ1) is 9.24.